The fourth-order valence-corrected chi connectivity index (χ4v) is 2.69. The molecule has 21 heavy (non-hydrogen) atoms. The van der Waals surface area contributed by atoms with Gasteiger partial charge in [0.15, 0.2) is 0 Å². The van der Waals surface area contributed by atoms with E-state index in [-0.39, 0.29) is 11.9 Å². The highest BCUT2D eigenvalue weighted by atomic mass is 79.9. The third-order valence-electron chi connectivity index (χ3n) is 3.20. The van der Waals surface area contributed by atoms with Crippen molar-refractivity contribution >= 4 is 27.5 Å². The number of nitrogens with two attached hydrogens (primary N) is 1. The van der Waals surface area contributed by atoms with Crippen molar-refractivity contribution < 1.29 is 9.13 Å². The minimum atomic E-state index is -0.326. The summed E-state index contributed by atoms with van der Waals surface area (Å²) in [7, 11) is 1.59. The Morgan fingerprint density at radius 2 is 2.10 bits per heavy atom. The van der Waals surface area contributed by atoms with Crippen molar-refractivity contribution in [3.05, 3.63) is 62.8 Å². The van der Waals surface area contributed by atoms with E-state index in [0.29, 0.717) is 22.8 Å². The normalized spacial score (nSPS) is 12.2. The van der Waals surface area contributed by atoms with Crippen LogP contribution in [0.5, 0.6) is 5.75 Å². The Bertz CT molecular complexity index is 639. The molecule has 2 rings (SSSR count). The van der Waals surface area contributed by atoms with Crippen molar-refractivity contribution in [1.29, 1.82) is 0 Å². The van der Waals surface area contributed by atoms with Crippen LogP contribution in [-0.4, -0.2) is 7.11 Å². The van der Waals surface area contributed by atoms with Crippen LogP contribution in [0.1, 0.15) is 17.2 Å². The Balaban J connectivity index is 2.34. The second kappa shape index (κ2) is 7.22. The third-order valence-corrected chi connectivity index (χ3v) is 4.07. The van der Waals surface area contributed by atoms with Crippen LogP contribution in [-0.2, 0) is 6.42 Å². The van der Waals surface area contributed by atoms with Crippen molar-refractivity contribution in [3.63, 3.8) is 0 Å². The number of halogens is 3. The maximum absolute atomic E-state index is 13.4. The highest BCUT2D eigenvalue weighted by Crippen LogP contribution is 2.31. The molecule has 0 aromatic heterocycles. The Hall–Kier alpha value is -1.14. The van der Waals surface area contributed by atoms with Gasteiger partial charge in [0.05, 0.1) is 13.2 Å². The van der Waals surface area contributed by atoms with Crippen LogP contribution < -0.4 is 16.0 Å². The van der Waals surface area contributed by atoms with Gasteiger partial charge >= 0.3 is 0 Å². The summed E-state index contributed by atoms with van der Waals surface area (Å²) in [5, 5.41) is 0.507. The number of nitrogens with one attached hydrogen (secondary N) is 1. The smallest absolute Gasteiger partial charge is 0.124 e. The molecule has 6 heteroatoms. The molecule has 1 atom stereocenters. The molecular weight excluding hydrogens is 359 g/mol. The minimum absolute atomic E-state index is 0.243. The van der Waals surface area contributed by atoms with Crippen LogP contribution in [0.15, 0.2) is 40.9 Å². The van der Waals surface area contributed by atoms with Crippen LogP contribution in [0.3, 0.4) is 0 Å². The SMILES string of the molecule is COc1cc(Br)ccc1C(Cc1cc(F)ccc1Cl)NN. The molecule has 2 aromatic rings. The molecule has 2 aromatic carbocycles. The van der Waals surface area contributed by atoms with E-state index in [1.807, 2.05) is 18.2 Å². The summed E-state index contributed by atoms with van der Waals surface area (Å²) in [5.41, 5.74) is 4.29. The minimum Gasteiger partial charge on any atom is -0.496 e. The summed E-state index contributed by atoms with van der Waals surface area (Å²) in [6.07, 6.45) is 0.449. The number of hydrazine groups is 1. The van der Waals surface area contributed by atoms with E-state index in [9.17, 15) is 4.39 Å². The molecule has 0 saturated carbocycles. The van der Waals surface area contributed by atoms with Crippen LogP contribution >= 0.6 is 27.5 Å². The fourth-order valence-electron chi connectivity index (χ4n) is 2.15. The van der Waals surface area contributed by atoms with Crippen molar-refractivity contribution in [2.45, 2.75) is 12.5 Å². The van der Waals surface area contributed by atoms with Gasteiger partial charge in [0, 0.05) is 15.1 Å². The summed E-state index contributed by atoms with van der Waals surface area (Å²) in [6, 6.07) is 9.70. The van der Waals surface area contributed by atoms with Gasteiger partial charge in [-0.2, -0.15) is 0 Å². The van der Waals surface area contributed by atoms with Crippen molar-refractivity contribution in [2.75, 3.05) is 7.11 Å². The fraction of sp³-hybridized carbons (Fsp3) is 0.200. The van der Waals surface area contributed by atoms with Gasteiger partial charge in [-0.15, -0.1) is 0 Å². The Labute approximate surface area is 136 Å². The van der Waals surface area contributed by atoms with Crippen LogP contribution in [0.4, 0.5) is 4.39 Å². The summed E-state index contributed by atoms with van der Waals surface area (Å²) < 4.78 is 19.6. The molecule has 0 bridgehead atoms. The summed E-state index contributed by atoms with van der Waals surface area (Å²) in [5.74, 6) is 6.02. The Morgan fingerprint density at radius 1 is 1.33 bits per heavy atom. The lowest BCUT2D eigenvalue weighted by molar-refractivity contribution is 0.398. The van der Waals surface area contributed by atoms with E-state index in [1.54, 1.807) is 13.2 Å². The second-order valence-corrected chi connectivity index (χ2v) is 5.87. The van der Waals surface area contributed by atoms with Gasteiger partial charge in [0.1, 0.15) is 11.6 Å². The summed E-state index contributed by atoms with van der Waals surface area (Å²) in [4.78, 5) is 0. The third kappa shape index (κ3) is 3.95. The van der Waals surface area contributed by atoms with Crippen molar-refractivity contribution in [3.8, 4) is 5.75 Å². The molecule has 0 saturated heterocycles. The largest absolute Gasteiger partial charge is 0.496 e. The molecule has 0 spiro atoms. The number of rotatable bonds is 5. The molecule has 0 aliphatic heterocycles. The van der Waals surface area contributed by atoms with Gasteiger partial charge in [0.2, 0.25) is 0 Å². The van der Waals surface area contributed by atoms with E-state index < -0.39 is 0 Å². The molecular formula is C15H15BrClFN2O. The lowest BCUT2D eigenvalue weighted by atomic mass is 9.98. The average molecular weight is 374 g/mol. The molecule has 3 N–H and O–H groups in total. The standard InChI is InChI=1S/C15H15BrClFN2O/c1-21-15-8-10(16)2-4-12(15)14(20-19)7-9-6-11(18)3-5-13(9)17/h2-6,8,14,20H,7,19H2,1H3. The van der Waals surface area contributed by atoms with Crippen molar-refractivity contribution in [2.24, 2.45) is 5.84 Å². The predicted molar refractivity (Wildman–Crippen MR) is 85.9 cm³/mol. The zero-order valence-electron chi connectivity index (χ0n) is 11.4. The van der Waals surface area contributed by atoms with Crippen LogP contribution in [0.25, 0.3) is 0 Å². The lowest BCUT2D eigenvalue weighted by Gasteiger charge is -2.20. The maximum atomic E-state index is 13.4. The molecule has 3 nitrogen and oxygen atoms in total. The number of methoxy groups -OCH3 is 1. The second-order valence-electron chi connectivity index (χ2n) is 4.55. The number of hydrogen-bond acceptors (Lipinski definition) is 3. The van der Waals surface area contributed by atoms with E-state index in [0.717, 1.165) is 10.0 Å². The lowest BCUT2D eigenvalue weighted by Crippen LogP contribution is -2.30. The molecule has 112 valence electrons. The Morgan fingerprint density at radius 3 is 2.76 bits per heavy atom. The highest BCUT2D eigenvalue weighted by molar-refractivity contribution is 9.10. The summed E-state index contributed by atoms with van der Waals surface area (Å²) >= 11 is 9.50. The van der Waals surface area contributed by atoms with Crippen molar-refractivity contribution in [1.82, 2.24) is 5.43 Å². The predicted octanol–water partition coefficient (Wildman–Crippen LogP) is 4.00. The quantitative estimate of drug-likeness (QED) is 0.615. The topological polar surface area (TPSA) is 47.3 Å². The molecule has 0 radical (unpaired) electrons. The Kier molecular flexibility index (Phi) is 5.58. The molecule has 0 heterocycles. The highest BCUT2D eigenvalue weighted by Gasteiger charge is 2.17. The zero-order chi connectivity index (χ0) is 15.4. The van der Waals surface area contributed by atoms with Gasteiger partial charge in [-0.25, -0.2) is 4.39 Å². The van der Waals surface area contributed by atoms with E-state index >= 15 is 0 Å². The first-order valence-electron chi connectivity index (χ1n) is 6.28. The monoisotopic (exact) mass is 372 g/mol. The van der Waals surface area contributed by atoms with Crippen LogP contribution in [0, 0.1) is 5.82 Å². The first-order valence-corrected chi connectivity index (χ1v) is 7.45. The number of hydrogen-bond donors (Lipinski definition) is 2. The maximum Gasteiger partial charge on any atom is 0.124 e. The zero-order valence-corrected chi connectivity index (χ0v) is 13.7. The van der Waals surface area contributed by atoms with E-state index in [2.05, 4.69) is 21.4 Å². The molecule has 0 fully saturated rings. The van der Waals surface area contributed by atoms with E-state index in [4.69, 9.17) is 22.2 Å². The molecule has 1 unspecified atom stereocenters. The van der Waals surface area contributed by atoms with Gasteiger partial charge < -0.3 is 4.74 Å². The molecule has 0 aliphatic rings. The van der Waals surface area contributed by atoms with Gasteiger partial charge in [0.25, 0.3) is 0 Å². The molecule has 0 amide bonds. The summed E-state index contributed by atoms with van der Waals surface area (Å²) in [6.45, 7) is 0. The van der Waals surface area contributed by atoms with Gasteiger partial charge in [-0.05, 0) is 42.3 Å². The first-order chi connectivity index (χ1) is 10.0. The first kappa shape index (κ1) is 16.2. The van der Waals surface area contributed by atoms with Gasteiger partial charge in [-0.3, -0.25) is 11.3 Å². The van der Waals surface area contributed by atoms with Crippen LogP contribution in [0.2, 0.25) is 5.02 Å². The van der Waals surface area contributed by atoms with E-state index in [1.165, 1.54) is 12.1 Å². The average Bonchev–Trinajstić information content (AvgIpc) is 2.48. The number of ether oxygens (including phenoxy) is 1. The molecule has 0 aliphatic carbocycles. The number of benzene rings is 2. The van der Waals surface area contributed by atoms with Gasteiger partial charge in [-0.1, -0.05) is 33.6 Å².